The first-order valence-electron chi connectivity index (χ1n) is 22.8. The van der Waals surface area contributed by atoms with E-state index in [1.807, 2.05) is 18.5 Å². The van der Waals surface area contributed by atoms with Crippen LogP contribution in [0.3, 0.4) is 0 Å². The molecule has 2 aliphatic carbocycles. The van der Waals surface area contributed by atoms with Crippen molar-refractivity contribution in [2.45, 2.75) is 128 Å². The Labute approximate surface area is 349 Å². The zero-order chi connectivity index (χ0) is 39.9. The van der Waals surface area contributed by atoms with Crippen LogP contribution in [0.2, 0.25) is 0 Å². The van der Waals surface area contributed by atoms with Gasteiger partial charge in [-0.1, -0.05) is 116 Å². The van der Waals surface area contributed by atoms with E-state index >= 15 is 0 Å². The third kappa shape index (κ3) is 5.15. The average molecular weight is 771 g/mol. The normalized spacial score (nSPS) is 17.2. The molecule has 4 nitrogen and oxygen atoms in total. The molecule has 8 aromatic rings. The van der Waals surface area contributed by atoms with Gasteiger partial charge in [-0.2, -0.15) is 0 Å². The standard InChI is InChI=1S/C54H55BN4/c1-53(2,3)35-18-24-43-39(30-35)47-37(32-14-9-7-10-15-32)20-22-41-50(47)58(43)45-28-34(52-56-26-13-27-57-52)29-46-49(45)55(41)42-23-21-38(33-16-11-8-12-17-33)48-40-31-36(54(4,5)6)19-25-44(40)59(46)51(42)48/h13,18-33H,7-12,14-17H2,1-6H3. The smallest absolute Gasteiger partial charge is 0.252 e. The summed E-state index contributed by atoms with van der Waals surface area (Å²) >= 11 is 0. The Morgan fingerprint density at radius 1 is 0.542 bits per heavy atom. The van der Waals surface area contributed by atoms with Gasteiger partial charge in [0.2, 0.25) is 0 Å². The fourth-order valence-corrected chi connectivity index (χ4v) is 12.1. The van der Waals surface area contributed by atoms with Crippen LogP contribution in [0.5, 0.6) is 0 Å². The highest BCUT2D eigenvalue weighted by Gasteiger charge is 2.43. The number of aromatic nitrogens is 4. The SMILES string of the molecule is CC(C)(C)c1ccc2c(c1)c1c(C3CCCCC3)ccc3c1n2-c1cc(-c2ncccn2)cc2c1B3c1ccc(C3CCCCC3)c3c4cc(C(C)(C)C)ccc4n-2c13. The van der Waals surface area contributed by atoms with Crippen LogP contribution in [0.25, 0.3) is 66.4 Å². The summed E-state index contributed by atoms with van der Waals surface area (Å²) in [5.74, 6) is 1.95. The predicted octanol–water partition coefficient (Wildman–Crippen LogP) is 12.2. The summed E-state index contributed by atoms with van der Waals surface area (Å²) in [5.41, 5.74) is 19.3. The highest BCUT2D eigenvalue weighted by molar-refractivity contribution is 7.00. The Morgan fingerprint density at radius 3 is 1.44 bits per heavy atom. The second-order valence-corrected chi connectivity index (χ2v) is 20.7. The molecule has 0 saturated heterocycles. The van der Waals surface area contributed by atoms with Gasteiger partial charge in [-0.05, 0) is 129 Å². The van der Waals surface area contributed by atoms with Gasteiger partial charge in [0.25, 0.3) is 6.71 Å². The van der Waals surface area contributed by atoms with Gasteiger partial charge in [0, 0.05) is 61.9 Å². The molecule has 294 valence electrons. The van der Waals surface area contributed by atoms with E-state index in [4.69, 9.17) is 9.97 Å². The molecule has 12 rings (SSSR count). The summed E-state index contributed by atoms with van der Waals surface area (Å²) in [6.07, 6.45) is 16.9. The van der Waals surface area contributed by atoms with Crippen molar-refractivity contribution in [2.75, 3.05) is 0 Å². The van der Waals surface area contributed by atoms with Gasteiger partial charge in [0.15, 0.2) is 5.82 Å². The van der Waals surface area contributed by atoms with Gasteiger partial charge in [0.05, 0.1) is 11.0 Å². The Hall–Kier alpha value is -5.16. The first-order chi connectivity index (χ1) is 28.6. The molecule has 2 fully saturated rings. The molecule has 0 spiro atoms. The van der Waals surface area contributed by atoms with Crippen molar-refractivity contribution in [3.8, 4) is 22.8 Å². The van der Waals surface area contributed by atoms with Crippen molar-refractivity contribution in [1.29, 1.82) is 0 Å². The molecule has 5 heteroatoms. The fourth-order valence-electron chi connectivity index (χ4n) is 12.1. The first-order valence-corrected chi connectivity index (χ1v) is 22.8. The topological polar surface area (TPSA) is 35.6 Å². The zero-order valence-corrected chi connectivity index (χ0v) is 35.8. The summed E-state index contributed by atoms with van der Waals surface area (Å²) in [7, 11) is 0. The Morgan fingerprint density at radius 2 is 1.00 bits per heavy atom. The molecule has 0 atom stereocenters. The molecule has 5 aromatic carbocycles. The molecule has 4 aliphatic rings. The lowest BCUT2D eigenvalue weighted by Crippen LogP contribution is -2.59. The Balaban J connectivity index is 1.26. The van der Waals surface area contributed by atoms with E-state index in [1.165, 1.54) is 147 Å². The molecule has 5 heterocycles. The van der Waals surface area contributed by atoms with E-state index in [0.717, 1.165) is 11.4 Å². The van der Waals surface area contributed by atoms with Gasteiger partial charge in [-0.3, -0.25) is 0 Å². The third-order valence-electron chi connectivity index (χ3n) is 15.1. The van der Waals surface area contributed by atoms with E-state index in [2.05, 4.69) is 123 Å². The van der Waals surface area contributed by atoms with Crippen molar-refractivity contribution >= 4 is 66.7 Å². The molecule has 59 heavy (non-hydrogen) atoms. The molecule has 0 N–H and O–H groups in total. The maximum Gasteiger partial charge on any atom is 0.252 e. The quantitative estimate of drug-likeness (QED) is 0.168. The molecular weight excluding hydrogens is 715 g/mol. The van der Waals surface area contributed by atoms with Crippen LogP contribution in [-0.4, -0.2) is 25.8 Å². The van der Waals surface area contributed by atoms with Gasteiger partial charge >= 0.3 is 0 Å². The minimum Gasteiger partial charge on any atom is -0.310 e. The predicted molar refractivity (Wildman–Crippen MR) is 250 cm³/mol. The number of rotatable bonds is 3. The third-order valence-corrected chi connectivity index (χ3v) is 15.1. The van der Waals surface area contributed by atoms with Crippen LogP contribution in [0.15, 0.2) is 91.3 Å². The van der Waals surface area contributed by atoms with E-state index in [-0.39, 0.29) is 17.5 Å². The minimum atomic E-state index is 0.0445. The summed E-state index contributed by atoms with van der Waals surface area (Å²) in [5, 5.41) is 5.78. The Kier molecular flexibility index (Phi) is 7.68. The summed E-state index contributed by atoms with van der Waals surface area (Å²) in [6, 6.07) is 31.8. The van der Waals surface area contributed by atoms with Crippen LogP contribution in [0.1, 0.15) is 140 Å². The van der Waals surface area contributed by atoms with Crippen LogP contribution >= 0.6 is 0 Å². The summed E-state index contributed by atoms with van der Waals surface area (Å²) < 4.78 is 5.34. The van der Waals surface area contributed by atoms with Crippen molar-refractivity contribution in [2.24, 2.45) is 0 Å². The number of fused-ring (bicyclic) bond motifs is 10. The molecule has 2 aliphatic heterocycles. The molecule has 0 amide bonds. The van der Waals surface area contributed by atoms with Crippen LogP contribution in [0, 0.1) is 0 Å². The lowest BCUT2D eigenvalue weighted by Gasteiger charge is -2.35. The fraction of sp³-hybridized carbons (Fsp3) is 0.370. The zero-order valence-electron chi connectivity index (χ0n) is 35.8. The molecule has 0 unspecified atom stereocenters. The largest absolute Gasteiger partial charge is 0.310 e. The lowest BCUT2D eigenvalue weighted by molar-refractivity contribution is 0.445. The maximum absolute atomic E-state index is 4.90. The summed E-state index contributed by atoms with van der Waals surface area (Å²) in [4.78, 5) is 9.79. The average Bonchev–Trinajstić information content (AvgIpc) is 3.78. The van der Waals surface area contributed by atoms with Crippen molar-refractivity contribution in [1.82, 2.24) is 19.1 Å². The Bertz CT molecular complexity index is 2850. The van der Waals surface area contributed by atoms with E-state index < -0.39 is 0 Å². The lowest BCUT2D eigenvalue weighted by atomic mass is 9.34. The van der Waals surface area contributed by atoms with Crippen LogP contribution in [0.4, 0.5) is 0 Å². The number of nitrogens with zero attached hydrogens (tertiary/aromatic N) is 4. The molecular formula is C54H55BN4. The monoisotopic (exact) mass is 770 g/mol. The van der Waals surface area contributed by atoms with E-state index in [1.54, 1.807) is 11.1 Å². The molecule has 2 saturated carbocycles. The second-order valence-electron chi connectivity index (χ2n) is 20.7. The van der Waals surface area contributed by atoms with E-state index in [0.29, 0.717) is 11.8 Å². The first kappa shape index (κ1) is 35.8. The van der Waals surface area contributed by atoms with E-state index in [9.17, 15) is 0 Å². The maximum atomic E-state index is 4.90. The molecule has 0 bridgehead atoms. The molecule has 0 radical (unpaired) electrons. The van der Waals surface area contributed by atoms with Crippen molar-refractivity contribution in [3.63, 3.8) is 0 Å². The van der Waals surface area contributed by atoms with Crippen molar-refractivity contribution < 1.29 is 0 Å². The van der Waals surface area contributed by atoms with Crippen LogP contribution < -0.4 is 16.4 Å². The number of benzene rings is 5. The van der Waals surface area contributed by atoms with Crippen molar-refractivity contribution in [3.05, 3.63) is 114 Å². The highest BCUT2D eigenvalue weighted by atomic mass is 15.0. The van der Waals surface area contributed by atoms with Gasteiger partial charge in [-0.15, -0.1) is 0 Å². The van der Waals surface area contributed by atoms with Crippen LogP contribution in [-0.2, 0) is 10.8 Å². The highest BCUT2D eigenvalue weighted by Crippen LogP contribution is 2.47. The van der Waals surface area contributed by atoms with Gasteiger partial charge < -0.3 is 9.13 Å². The second kappa shape index (κ2) is 12.7. The molecule has 3 aromatic heterocycles. The number of hydrogen-bond donors (Lipinski definition) is 0. The number of hydrogen-bond acceptors (Lipinski definition) is 2. The minimum absolute atomic E-state index is 0.0445. The summed E-state index contributed by atoms with van der Waals surface area (Å²) in [6.45, 7) is 14.3. The van der Waals surface area contributed by atoms with Gasteiger partial charge in [0.1, 0.15) is 0 Å². The van der Waals surface area contributed by atoms with Gasteiger partial charge in [-0.25, -0.2) is 9.97 Å².